The fourth-order valence-corrected chi connectivity index (χ4v) is 3.30. The normalized spacial score (nSPS) is 13.4. The average molecular weight is 389 g/mol. The molecule has 0 fully saturated rings. The summed E-state index contributed by atoms with van der Waals surface area (Å²) in [6.45, 7) is 4.90. The SMILES string of the molecule is CCCCCC(O)COc1cccc2c(OCC(O)CCCCC)cccc12. The van der Waals surface area contributed by atoms with E-state index in [1.165, 1.54) is 0 Å². The zero-order chi connectivity index (χ0) is 20.2. The molecule has 0 aromatic heterocycles. The molecule has 156 valence electrons. The Morgan fingerprint density at radius 1 is 0.679 bits per heavy atom. The highest BCUT2D eigenvalue weighted by Gasteiger charge is 2.11. The minimum atomic E-state index is -0.445. The number of benzene rings is 2. The third-order valence-electron chi connectivity index (χ3n) is 4.99. The first kappa shape index (κ1) is 22.5. The smallest absolute Gasteiger partial charge is 0.127 e. The molecule has 0 aliphatic heterocycles. The van der Waals surface area contributed by atoms with Crippen LogP contribution in [-0.2, 0) is 0 Å². The second kappa shape index (κ2) is 12.6. The molecular weight excluding hydrogens is 352 g/mol. The zero-order valence-electron chi connectivity index (χ0n) is 17.4. The molecule has 0 saturated carbocycles. The largest absolute Gasteiger partial charge is 0.490 e. The van der Waals surface area contributed by atoms with Gasteiger partial charge in [-0.05, 0) is 25.0 Å². The predicted octanol–water partition coefficient (Wildman–Crippen LogP) is 5.48. The summed E-state index contributed by atoms with van der Waals surface area (Å²) >= 11 is 0. The van der Waals surface area contributed by atoms with E-state index in [1.807, 2.05) is 36.4 Å². The first-order valence-electron chi connectivity index (χ1n) is 10.8. The highest BCUT2D eigenvalue weighted by molar-refractivity contribution is 5.93. The average Bonchev–Trinajstić information content (AvgIpc) is 2.71. The van der Waals surface area contributed by atoms with Crippen molar-refractivity contribution in [3.05, 3.63) is 36.4 Å². The van der Waals surface area contributed by atoms with Crippen LogP contribution in [-0.4, -0.2) is 35.6 Å². The number of aliphatic hydroxyl groups is 2. The molecule has 2 rings (SSSR count). The molecule has 0 amide bonds. The Kier molecular flexibility index (Phi) is 10.2. The van der Waals surface area contributed by atoms with Crippen LogP contribution in [0.25, 0.3) is 10.8 Å². The van der Waals surface area contributed by atoms with Crippen LogP contribution in [0.15, 0.2) is 36.4 Å². The van der Waals surface area contributed by atoms with Crippen molar-refractivity contribution in [1.82, 2.24) is 0 Å². The van der Waals surface area contributed by atoms with E-state index in [0.717, 1.165) is 73.6 Å². The van der Waals surface area contributed by atoms with Gasteiger partial charge >= 0.3 is 0 Å². The van der Waals surface area contributed by atoms with Crippen molar-refractivity contribution >= 4 is 10.8 Å². The fraction of sp³-hybridized carbons (Fsp3) is 0.583. The predicted molar refractivity (Wildman–Crippen MR) is 115 cm³/mol. The van der Waals surface area contributed by atoms with Crippen LogP contribution in [0.3, 0.4) is 0 Å². The summed E-state index contributed by atoms with van der Waals surface area (Å²) < 4.78 is 11.8. The Labute approximate surface area is 169 Å². The number of fused-ring (bicyclic) bond motifs is 1. The third kappa shape index (κ3) is 7.33. The second-order valence-corrected chi connectivity index (χ2v) is 7.53. The summed E-state index contributed by atoms with van der Waals surface area (Å²) in [4.78, 5) is 0. The molecule has 0 radical (unpaired) electrons. The van der Waals surface area contributed by atoms with Crippen LogP contribution in [0.2, 0.25) is 0 Å². The van der Waals surface area contributed by atoms with Crippen LogP contribution >= 0.6 is 0 Å². The fourth-order valence-electron chi connectivity index (χ4n) is 3.30. The van der Waals surface area contributed by atoms with Crippen LogP contribution in [0, 0.1) is 0 Å². The Morgan fingerprint density at radius 2 is 1.11 bits per heavy atom. The number of ether oxygens (including phenoxy) is 2. The number of aliphatic hydroxyl groups excluding tert-OH is 2. The lowest BCUT2D eigenvalue weighted by atomic mass is 10.1. The van der Waals surface area contributed by atoms with Gasteiger partial charge in [0, 0.05) is 10.8 Å². The monoisotopic (exact) mass is 388 g/mol. The minimum Gasteiger partial charge on any atom is -0.490 e. The number of hydrogen-bond acceptors (Lipinski definition) is 4. The van der Waals surface area contributed by atoms with Crippen molar-refractivity contribution in [2.45, 2.75) is 77.4 Å². The number of hydrogen-bond donors (Lipinski definition) is 2. The van der Waals surface area contributed by atoms with Crippen LogP contribution in [0.1, 0.15) is 65.2 Å². The van der Waals surface area contributed by atoms with Gasteiger partial charge in [0.2, 0.25) is 0 Å². The lowest BCUT2D eigenvalue weighted by Gasteiger charge is -2.16. The molecule has 4 heteroatoms. The summed E-state index contributed by atoms with van der Waals surface area (Å²) in [5, 5.41) is 22.2. The van der Waals surface area contributed by atoms with Crippen molar-refractivity contribution in [3.8, 4) is 11.5 Å². The van der Waals surface area contributed by atoms with Crippen LogP contribution in [0.5, 0.6) is 11.5 Å². The zero-order valence-corrected chi connectivity index (χ0v) is 17.4. The molecule has 0 aliphatic carbocycles. The van der Waals surface area contributed by atoms with Gasteiger partial charge < -0.3 is 19.7 Å². The first-order chi connectivity index (χ1) is 13.7. The molecule has 4 nitrogen and oxygen atoms in total. The molecule has 0 bridgehead atoms. The van der Waals surface area contributed by atoms with Crippen molar-refractivity contribution in [3.63, 3.8) is 0 Å². The molecular formula is C24H36O4. The van der Waals surface area contributed by atoms with Crippen LogP contribution in [0.4, 0.5) is 0 Å². The molecule has 2 unspecified atom stereocenters. The van der Waals surface area contributed by atoms with E-state index in [-0.39, 0.29) is 0 Å². The van der Waals surface area contributed by atoms with E-state index in [2.05, 4.69) is 13.8 Å². The maximum absolute atomic E-state index is 10.1. The maximum Gasteiger partial charge on any atom is 0.127 e. The molecule has 0 saturated heterocycles. The topological polar surface area (TPSA) is 58.9 Å². The van der Waals surface area contributed by atoms with Gasteiger partial charge in [-0.3, -0.25) is 0 Å². The van der Waals surface area contributed by atoms with Crippen molar-refractivity contribution in [2.24, 2.45) is 0 Å². The van der Waals surface area contributed by atoms with E-state index in [9.17, 15) is 10.2 Å². The van der Waals surface area contributed by atoms with Crippen molar-refractivity contribution in [2.75, 3.05) is 13.2 Å². The summed E-state index contributed by atoms with van der Waals surface area (Å²) in [6.07, 6.45) is 7.25. The van der Waals surface area contributed by atoms with E-state index >= 15 is 0 Å². The molecule has 0 aliphatic rings. The quantitative estimate of drug-likeness (QED) is 0.421. The standard InChI is InChI=1S/C24H36O4/c1-3-5-7-11-19(25)17-27-23-15-9-14-22-21(23)13-10-16-24(22)28-18-20(26)12-8-6-4-2/h9-10,13-16,19-20,25-26H,3-8,11-12,17-18H2,1-2H3. The Balaban J connectivity index is 1.97. The van der Waals surface area contributed by atoms with Gasteiger partial charge in [-0.2, -0.15) is 0 Å². The van der Waals surface area contributed by atoms with Gasteiger partial charge in [0.15, 0.2) is 0 Å². The van der Waals surface area contributed by atoms with E-state index < -0.39 is 12.2 Å². The summed E-state index contributed by atoms with van der Waals surface area (Å²) in [5.74, 6) is 1.50. The summed E-state index contributed by atoms with van der Waals surface area (Å²) in [6, 6.07) is 11.7. The lowest BCUT2D eigenvalue weighted by Crippen LogP contribution is -2.18. The van der Waals surface area contributed by atoms with E-state index in [1.54, 1.807) is 0 Å². The molecule has 2 aromatic rings. The maximum atomic E-state index is 10.1. The Bertz CT molecular complexity index is 626. The molecule has 28 heavy (non-hydrogen) atoms. The molecule has 2 aromatic carbocycles. The van der Waals surface area contributed by atoms with Crippen LogP contribution < -0.4 is 9.47 Å². The number of rotatable bonds is 14. The summed E-state index contributed by atoms with van der Waals surface area (Å²) in [7, 11) is 0. The summed E-state index contributed by atoms with van der Waals surface area (Å²) in [5.41, 5.74) is 0. The van der Waals surface area contributed by atoms with Crippen molar-refractivity contribution < 1.29 is 19.7 Å². The third-order valence-corrected chi connectivity index (χ3v) is 4.99. The molecule has 0 heterocycles. The highest BCUT2D eigenvalue weighted by atomic mass is 16.5. The van der Waals surface area contributed by atoms with E-state index in [4.69, 9.17) is 9.47 Å². The second-order valence-electron chi connectivity index (χ2n) is 7.53. The van der Waals surface area contributed by atoms with Gasteiger partial charge in [0.25, 0.3) is 0 Å². The lowest BCUT2D eigenvalue weighted by molar-refractivity contribution is 0.0976. The van der Waals surface area contributed by atoms with Gasteiger partial charge in [0.1, 0.15) is 24.7 Å². The molecule has 0 spiro atoms. The van der Waals surface area contributed by atoms with Gasteiger partial charge in [0.05, 0.1) is 12.2 Å². The Hall–Kier alpha value is -1.78. The number of unbranched alkanes of at least 4 members (excludes halogenated alkanes) is 4. The van der Waals surface area contributed by atoms with E-state index in [0.29, 0.717) is 13.2 Å². The highest BCUT2D eigenvalue weighted by Crippen LogP contribution is 2.32. The van der Waals surface area contributed by atoms with Gasteiger partial charge in [-0.1, -0.05) is 76.6 Å². The first-order valence-corrected chi connectivity index (χ1v) is 10.8. The van der Waals surface area contributed by atoms with Gasteiger partial charge in [-0.25, -0.2) is 0 Å². The Morgan fingerprint density at radius 3 is 1.50 bits per heavy atom. The molecule has 2 N–H and O–H groups in total. The van der Waals surface area contributed by atoms with Crippen molar-refractivity contribution in [1.29, 1.82) is 0 Å². The minimum absolute atomic E-state index is 0.296. The molecule has 2 atom stereocenters. The van der Waals surface area contributed by atoms with Gasteiger partial charge in [-0.15, -0.1) is 0 Å².